The predicted molar refractivity (Wildman–Crippen MR) is 113 cm³/mol. The van der Waals surface area contributed by atoms with Gasteiger partial charge in [-0.3, -0.25) is 19.1 Å². The number of aromatic nitrogens is 2. The van der Waals surface area contributed by atoms with E-state index in [2.05, 4.69) is 21.8 Å². The van der Waals surface area contributed by atoms with Crippen molar-refractivity contribution in [1.82, 2.24) is 25.3 Å². The highest BCUT2D eigenvalue weighted by molar-refractivity contribution is 5.99. The van der Waals surface area contributed by atoms with Crippen molar-refractivity contribution in [3.63, 3.8) is 0 Å². The molecular formula is C22H29N5O3. The Morgan fingerprint density at radius 3 is 2.77 bits per heavy atom. The zero-order chi connectivity index (χ0) is 21.7. The molecule has 0 aliphatic carbocycles. The minimum absolute atomic E-state index is 0.144. The molecule has 160 valence electrons. The number of hydrogen-bond acceptors (Lipinski definition) is 4. The topological polar surface area (TPSA) is 96.3 Å². The van der Waals surface area contributed by atoms with Crippen LogP contribution in [0.25, 0.3) is 0 Å². The van der Waals surface area contributed by atoms with Crippen LogP contribution in [0.2, 0.25) is 0 Å². The van der Waals surface area contributed by atoms with Crippen molar-refractivity contribution in [1.29, 1.82) is 0 Å². The first-order chi connectivity index (χ1) is 14.4. The Morgan fingerprint density at radius 2 is 2.03 bits per heavy atom. The maximum Gasteiger partial charge on any atom is 0.272 e. The molecule has 1 aliphatic heterocycles. The Hall–Kier alpha value is -3.16. The second-order valence-electron chi connectivity index (χ2n) is 7.69. The van der Waals surface area contributed by atoms with Gasteiger partial charge in [-0.15, -0.1) is 0 Å². The molecule has 3 amide bonds. The summed E-state index contributed by atoms with van der Waals surface area (Å²) in [4.78, 5) is 39.4. The van der Waals surface area contributed by atoms with Gasteiger partial charge in [0.2, 0.25) is 5.91 Å². The van der Waals surface area contributed by atoms with E-state index in [0.29, 0.717) is 31.9 Å². The first kappa shape index (κ1) is 21.5. The molecule has 0 saturated carbocycles. The van der Waals surface area contributed by atoms with Crippen LogP contribution in [-0.2, 0) is 17.9 Å². The van der Waals surface area contributed by atoms with Crippen LogP contribution in [0.4, 0.5) is 0 Å². The molecule has 0 spiro atoms. The number of nitrogens with zero attached hydrogens (tertiary/aromatic N) is 3. The second kappa shape index (κ2) is 9.56. The minimum atomic E-state index is -0.681. The fourth-order valence-electron chi connectivity index (χ4n) is 3.46. The standard InChI is InChI=1S/C22H29N5O3/c1-4-9-23-20(28)16(3)24-21(29)18-13-19-22(30)26(10-6-11-27(19)25-18)14-17-8-5-7-15(2)12-17/h5,7-8,12-13,16H,4,6,9-11,14H2,1-3H3,(H,23,28)(H,24,29). The number of rotatable bonds is 7. The largest absolute Gasteiger partial charge is 0.354 e. The van der Waals surface area contributed by atoms with Gasteiger partial charge in [-0.2, -0.15) is 5.10 Å². The summed E-state index contributed by atoms with van der Waals surface area (Å²) in [5.41, 5.74) is 2.76. The normalized spacial score (nSPS) is 14.6. The number of fused-ring (bicyclic) bond motifs is 1. The van der Waals surface area contributed by atoms with E-state index in [1.54, 1.807) is 16.5 Å². The van der Waals surface area contributed by atoms with Gasteiger partial charge in [0.25, 0.3) is 11.8 Å². The molecule has 0 bridgehead atoms. The van der Waals surface area contributed by atoms with Crippen LogP contribution in [0.5, 0.6) is 0 Å². The first-order valence-corrected chi connectivity index (χ1v) is 10.4. The maximum atomic E-state index is 13.1. The molecule has 8 nitrogen and oxygen atoms in total. The van der Waals surface area contributed by atoms with Crippen LogP contribution in [0.15, 0.2) is 30.3 Å². The molecule has 8 heteroatoms. The summed E-state index contributed by atoms with van der Waals surface area (Å²) in [7, 11) is 0. The lowest BCUT2D eigenvalue weighted by Gasteiger charge is -2.20. The zero-order valence-corrected chi connectivity index (χ0v) is 17.8. The third-order valence-electron chi connectivity index (χ3n) is 5.06. The zero-order valence-electron chi connectivity index (χ0n) is 17.8. The van der Waals surface area contributed by atoms with E-state index in [-0.39, 0.29) is 17.5 Å². The summed E-state index contributed by atoms with van der Waals surface area (Å²) in [6, 6.07) is 8.92. The minimum Gasteiger partial charge on any atom is -0.354 e. The highest BCUT2D eigenvalue weighted by atomic mass is 16.2. The van der Waals surface area contributed by atoms with Crippen molar-refractivity contribution in [2.75, 3.05) is 13.1 Å². The number of hydrogen-bond donors (Lipinski definition) is 2. The van der Waals surface area contributed by atoms with E-state index in [1.165, 1.54) is 6.07 Å². The number of aryl methyl sites for hydroxylation is 2. The van der Waals surface area contributed by atoms with Crippen molar-refractivity contribution < 1.29 is 14.4 Å². The van der Waals surface area contributed by atoms with Crippen molar-refractivity contribution in [3.8, 4) is 0 Å². The number of carbonyl (C=O) groups excluding carboxylic acids is 3. The Balaban J connectivity index is 1.71. The number of carbonyl (C=O) groups is 3. The quantitative estimate of drug-likeness (QED) is 0.727. The molecule has 2 N–H and O–H groups in total. The lowest BCUT2D eigenvalue weighted by Crippen LogP contribution is -2.45. The van der Waals surface area contributed by atoms with Crippen LogP contribution in [0.1, 0.15) is 58.8 Å². The number of benzene rings is 1. The fraction of sp³-hybridized carbons (Fsp3) is 0.455. The number of amides is 3. The average Bonchev–Trinajstić information content (AvgIpc) is 3.09. The molecule has 30 heavy (non-hydrogen) atoms. The summed E-state index contributed by atoms with van der Waals surface area (Å²) in [6.07, 6.45) is 1.57. The summed E-state index contributed by atoms with van der Waals surface area (Å²) in [5, 5.41) is 9.71. The van der Waals surface area contributed by atoms with Gasteiger partial charge >= 0.3 is 0 Å². The Morgan fingerprint density at radius 1 is 1.23 bits per heavy atom. The molecule has 0 saturated heterocycles. The third-order valence-corrected chi connectivity index (χ3v) is 5.06. The van der Waals surface area contributed by atoms with Gasteiger partial charge in [-0.25, -0.2) is 0 Å². The van der Waals surface area contributed by atoms with Crippen LogP contribution in [-0.4, -0.2) is 51.5 Å². The lowest BCUT2D eigenvalue weighted by molar-refractivity contribution is -0.122. The van der Waals surface area contributed by atoms with Gasteiger partial charge in [0.1, 0.15) is 11.7 Å². The second-order valence-corrected chi connectivity index (χ2v) is 7.69. The van der Waals surface area contributed by atoms with Crippen LogP contribution < -0.4 is 10.6 Å². The van der Waals surface area contributed by atoms with E-state index in [9.17, 15) is 14.4 Å². The van der Waals surface area contributed by atoms with Crippen molar-refractivity contribution in [3.05, 3.63) is 52.8 Å². The predicted octanol–water partition coefficient (Wildman–Crippen LogP) is 1.88. The number of nitrogens with one attached hydrogen (secondary N) is 2. The summed E-state index contributed by atoms with van der Waals surface area (Å²) in [5.74, 6) is -0.853. The Bertz CT molecular complexity index is 937. The van der Waals surface area contributed by atoms with Gasteiger partial charge in [0.15, 0.2) is 5.69 Å². The molecule has 1 aromatic carbocycles. The van der Waals surface area contributed by atoms with E-state index in [4.69, 9.17) is 0 Å². The average molecular weight is 412 g/mol. The molecule has 1 aromatic heterocycles. The van der Waals surface area contributed by atoms with Crippen LogP contribution in [0.3, 0.4) is 0 Å². The van der Waals surface area contributed by atoms with E-state index in [1.807, 2.05) is 32.0 Å². The van der Waals surface area contributed by atoms with Gasteiger partial charge < -0.3 is 15.5 Å². The molecule has 1 atom stereocenters. The lowest BCUT2D eigenvalue weighted by atomic mass is 10.1. The molecule has 1 aliphatic rings. The Labute approximate surface area is 176 Å². The molecule has 2 aromatic rings. The summed E-state index contributed by atoms with van der Waals surface area (Å²) in [6.45, 7) is 7.87. The molecule has 1 unspecified atom stereocenters. The summed E-state index contributed by atoms with van der Waals surface area (Å²) < 4.78 is 1.59. The Kier molecular flexibility index (Phi) is 6.87. The molecule has 2 heterocycles. The fourth-order valence-corrected chi connectivity index (χ4v) is 3.46. The monoisotopic (exact) mass is 411 g/mol. The maximum absolute atomic E-state index is 13.1. The van der Waals surface area contributed by atoms with Gasteiger partial charge in [0, 0.05) is 32.2 Å². The molecule has 3 rings (SSSR count). The highest BCUT2D eigenvalue weighted by Crippen LogP contribution is 2.17. The van der Waals surface area contributed by atoms with Crippen molar-refractivity contribution >= 4 is 17.7 Å². The SMILES string of the molecule is CCCNC(=O)C(C)NC(=O)c1cc2n(n1)CCCN(Cc1cccc(C)c1)C2=O. The summed E-state index contributed by atoms with van der Waals surface area (Å²) >= 11 is 0. The van der Waals surface area contributed by atoms with Crippen LogP contribution in [0, 0.1) is 6.92 Å². The van der Waals surface area contributed by atoms with E-state index in [0.717, 1.165) is 24.0 Å². The first-order valence-electron chi connectivity index (χ1n) is 10.4. The van der Waals surface area contributed by atoms with Crippen molar-refractivity contribution in [2.24, 2.45) is 0 Å². The van der Waals surface area contributed by atoms with Crippen molar-refractivity contribution in [2.45, 2.75) is 52.7 Å². The van der Waals surface area contributed by atoms with Gasteiger partial charge in [-0.05, 0) is 32.3 Å². The molecular weight excluding hydrogens is 382 g/mol. The smallest absolute Gasteiger partial charge is 0.272 e. The van der Waals surface area contributed by atoms with Gasteiger partial charge in [-0.1, -0.05) is 36.8 Å². The van der Waals surface area contributed by atoms with E-state index >= 15 is 0 Å². The third kappa shape index (κ3) is 5.06. The van der Waals surface area contributed by atoms with Crippen LogP contribution >= 0.6 is 0 Å². The molecule has 0 fully saturated rings. The van der Waals surface area contributed by atoms with E-state index < -0.39 is 11.9 Å². The highest BCUT2D eigenvalue weighted by Gasteiger charge is 2.27. The van der Waals surface area contributed by atoms with Gasteiger partial charge in [0.05, 0.1) is 0 Å². The molecule has 0 radical (unpaired) electrons.